The van der Waals surface area contributed by atoms with E-state index in [2.05, 4.69) is 6.92 Å². The second-order valence-corrected chi connectivity index (χ2v) is 6.03. The second-order valence-electron chi connectivity index (χ2n) is 5.42. The predicted molar refractivity (Wildman–Crippen MR) is 72.8 cm³/mol. The Balaban J connectivity index is 1.67. The Bertz CT molecular complexity index is 338. The van der Waals surface area contributed by atoms with Gasteiger partial charge in [-0.3, -0.25) is 0 Å². The molecule has 0 N–H and O–H groups in total. The molecule has 0 saturated heterocycles. The van der Waals surface area contributed by atoms with Crippen LogP contribution in [0.3, 0.4) is 0 Å². The van der Waals surface area contributed by atoms with Crippen LogP contribution in [-0.4, -0.2) is 12.0 Å². The van der Waals surface area contributed by atoms with E-state index in [1.54, 1.807) is 0 Å². The van der Waals surface area contributed by atoms with E-state index >= 15 is 0 Å². The zero-order valence-corrected chi connectivity index (χ0v) is 11.2. The van der Waals surface area contributed by atoms with Gasteiger partial charge in [0.2, 0.25) is 0 Å². The van der Waals surface area contributed by atoms with E-state index in [0.29, 0.717) is 10.8 Å². The van der Waals surface area contributed by atoms with Crippen molar-refractivity contribution >= 4 is 11.6 Å². The molecule has 2 heteroatoms. The minimum Gasteiger partial charge on any atom is -0.494 e. The maximum Gasteiger partial charge on any atom is 0.119 e. The number of halogens is 1. The van der Waals surface area contributed by atoms with Crippen LogP contribution in [0.15, 0.2) is 30.3 Å². The molecule has 1 fully saturated rings. The zero-order chi connectivity index (χ0) is 12.1. The summed E-state index contributed by atoms with van der Waals surface area (Å²) in [7, 11) is 0. The molecule has 94 valence electrons. The molecule has 2 rings (SSSR count). The van der Waals surface area contributed by atoms with Crippen LogP contribution in [0.4, 0.5) is 0 Å². The minimum atomic E-state index is 0.398. The van der Waals surface area contributed by atoms with Crippen molar-refractivity contribution < 1.29 is 4.74 Å². The van der Waals surface area contributed by atoms with Crippen LogP contribution in [0.25, 0.3) is 0 Å². The van der Waals surface area contributed by atoms with Gasteiger partial charge in [-0.25, -0.2) is 0 Å². The lowest BCUT2D eigenvalue weighted by Crippen LogP contribution is -2.13. The van der Waals surface area contributed by atoms with Gasteiger partial charge in [-0.15, -0.1) is 11.6 Å². The topological polar surface area (TPSA) is 9.23 Å². The lowest BCUT2D eigenvalue weighted by Gasteiger charge is -2.23. The van der Waals surface area contributed by atoms with E-state index in [1.807, 2.05) is 30.3 Å². The molecule has 2 atom stereocenters. The Kier molecular flexibility index (Phi) is 4.33. The number of rotatable bonds is 5. The first-order valence-corrected chi connectivity index (χ1v) is 6.94. The van der Waals surface area contributed by atoms with Crippen molar-refractivity contribution in [3.05, 3.63) is 30.3 Å². The highest BCUT2D eigenvalue weighted by Crippen LogP contribution is 2.43. The van der Waals surface area contributed by atoms with Gasteiger partial charge in [0.25, 0.3) is 0 Å². The highest BCUT2D eigenvalue weighted by molar-refractivity contribution is 6.20. The summed E-state index contributed by atoms with van der Waals surface area (Å²) in [6.45, 7) is 3.17. The molecule has 0 aromatic heterocycles. The van der Waals surface area contributed by atoms with Crippen molar-refractivity contribution in [1.29, 1.82) is 0 Å². The molecule has 1 aliphatic rings. The van der Waals surface area contributed by atoms with Gasteiger partial charge in [0.1, 0.15) is 5.75 Å². The second kappa shape index (κ2) is 5.77. The van der Waals surface area contributed by atoms with Gasteiger partial charge in [0.15, 0.2) is 0 Å². The van der Waals surface area contributed by atoms with Crippen molar-refractivity contribution in [2.45, 2.75) is 44.4 Å². The summed E-state index contributed by atoms with van der Waals surface area (Å²) in [6.07, 6.45) is 5.96. The maximum absolute atomic E-state index is 6.17. The molecule has 0 radical (unpaired) electrons. The summed E-state index contributed by atoms with van der Waals surface area (Å²) >= 11 is 6.17. The van der Waals surface area contributed by atoms with Gasteiger partial charge in [-0.05, 0) is 49.7 Å². The van der Waals surface area contributed by atoms with Crippen LogP contribution in [0, 0.1) is 5.41 Å². The summed E-state index contributed by atoms with van der Waals surface area (Å²) in [5.74, 6) is 0.972. The fourth-order valence-electron chi connectivity index (χ4n) is 2.68. The number of alkyl halides is 1. The molecule has 0 amide bonds. The van der Waals surface area contributed by atoms with Crippen molar-refractivity contribution in [2.24, 2.45) is 5.41 Å². The van der Waals surface area contributed by atoms with E-state index < -0.39 is 0 Å². The summed E-state index contributed by atoms with van der Waals surface area (Å²) < 4.78 is 5.70. The maximum atomic E-state index is 6.17. The molecular weight excluding hydrogens is 232 g/mol. The largest absolute Gasteiger partial charge is 0.494 e. The predicted octanol–water partition coefficient (Wildman–Crippen LogP) is 4.64. The van der Waals surface area contributed by atoms with Gasteiger partial charge < -0.3 is 4.74 Å². The Morgan fingerprint density at radius 1 is 1.35 bits per heavy atom. The molecule has 1 aromatic carbocycles. The van der Waals surface area contributed by atoms with E-state index in [9.17, 15) is 0 Å². The van der Waals surface area contributed by atoms with Crippen LogP contribution < -0.4 is 4.74 Å². The fraction of sp³-hybridized carbons (Fsp3) is 0.600. The molecular formula is C15H21ClO. The van der Waals surface area contributed by atoms with E-state index in [1.165, 1.54) is 25.7 Å². The van der Waals surface area contributed by atoms with Crippen molar-refractivity contribution in [3.63, 3.8) is 0 Å². The Morgan fingerprint density at radius 2 is 2.12 bits per heavy atom. The highest BCUT2D eigenvalue weighted by Gasteiger charge is 2.33. The Morgan fingerprint density at radius 3 is 2.76 bits per heavy atom. The van der Waals surface area contributed by atoms with E-state index in [0.717, 1.165) is 18.8 Å². The summed E-state index contributed by atoms with van der Waals surface area (Å²) in [4.78, 5) is 0. The van der Waals surface area contributed by atoms with E-state index in [4.69, 9.17) is 16.3 Å². The van der Waals surface area contributed by atoms with Gasteiger partial charge in [-0.1, -0.05) is 25.1 Å². The molecule has 0 aliphatic heterocycles. The van der Waals surface area contributed by atoms with E-state index in [-0.39, 0.29) is 0 Å². The molecule has 1 nitrogen and oxygen atoms in total. The normalized spacial score (nSPS) is 28.2. The molecule has 1 aliphatic carbocycles. The summed E-state index contributed by atoms with van der Waals surface area (Å²) in [6, 6.07) is 10.0. The van der Waals surface area contributed by atoms with Crippen molar-refractivity contribution in [3.8, 4) is 5.75 Å². The van der Waals surface area contributed by atoms with Crippen molar-refractivity contribution in [2.75, 3.05) is 6.61 Å². The molecule has 17 heavy (non-hydrogen) atoms. The lowest BCUT2D eigenvalue weighted by molar-refractivity contribution is 0.245. The van der Waals surface area contributed by atoms with Gasteiger partial charge in [-0.2, -0.15) is 0 Å². The quantitative estimate of drug-likeness (QED) is 0.548. The number of hydrogen-bond acceptors (Lipinski definition) is 1. The minimum absolute atomic E-state index is 0.398. The number of benzene rings is 1. The average Bonchev–Trinajstić information content (AvgIpc) is 2.67. The molecule has 0 spiro atoms. The summed E-state index contributed by atoms with van der Waals surface area (Å²) in [5, 5.41) is 0.398. The third-order valence-electron chi connectivity index (χ3n) is 3.71. The SMILES string of the molecule is CC1(CCCOc2ccccc2)CCC(Cl)C1. The number of para-hydroxylation sites is 1. The fourth-order valence-corrected chi connectivity index (χ4v) is 3.16. The first-order valence-electron chi connectivity index (χ1n) is 6.50. The summed E-state index contributed by atoms with van der Waals surface area (Å²) in [5.41, 5.74) is 0.451. The average molecular weight is 253 g/mol. The monoisotopic (exact) mass is 252 g/mol. The third kappa shape index (κ3) is 3.92. The third-order valence-corrected chi connectivity index (χ3v) is 4.08. The first kappa shape index (κ1) is 12.8. The Hall–Kier alpha value is -0.690. The molecule has 1 aromatic rings. The molecule has 2 unspecified atom stereocenters. The zero-order valence-electron chi connectivity index (χ0n) is 10.5. The first-order chi connectivity index (χ1) is 8.18. The van der Waals surface area contributed by atoms with Gasteiger partial charge >= 0.3 is 0 Å². The van der Waals surface area contributed by atoms with Crippen LogP contribution in [0.2, 0.25) is 0 Å². The lowest BCUT2D eigenvalue weighted by atomic mass is 9.84. The van der Waals surface area contributed by atoms with Gasteiger partial charge in [0.05, 0.1) is 6.61 Å². The van der Waals surface area contributed by atoms with Crippen LogP contribution in [0.1, 0.15) is 39.0 Å². The van der Waals surface area contributed by atoms with Crippen LogP contribution in [0.5, 0.6) is 5.75 Å². The Labute approximate surface area is 109 Å². The van der Waals surface area contributed by atoms with Crippen LogP contribution in [-0.2, 0) is 0 Å². The van der Waals surface area contributed by atoms with Gasteiger partial charge in [0, 0.05) is 5.38 Å². The number of hydrogen-bond donors (Lipinski definition) is 0. The smallest absolute Gasteiger partial charge is 0.119 e. The highest BCUT2D eigenvalue weighted by atomic mass is 35.5. The number of ether oxygens (including phenoxy) is 1. The molecule has 1 saturated carbocycles. The molecule has 0 heterocycles. The van der Waals surface area contributed by atoms with Crippen molar-refractivity contribution in [1.82, 2.24) is 0 Å². The standard InChI is InChI=1S/C15H21ClO/c1-15(10-8-13(16)12-15)9-5-11-17-14-6-3-2-4-7-14/h2-4,6-7,13H,5,8-12H2,1H3. The van der Waals surface area contributed by atoms with Crippen LogP contribution >= 0.6 is 11.6 Å². The molecule has 0 bridgehead atoms.